The van der Waals surface area contributed by atoms with Crippen LogP contribution in [0.4, 0.5) is 0 Å². The fourth-order valence-corrected chi connectivity index (χ4v) is 1.81. The Morgan fingerprint density at radius 1 is 1.32 bits per heavy atom. The Balaban J connectivity index is 2.12. The highest BCUT2D eigenvalue weighted by molar-refractivity contribution is 6.42. The summed E-state index contributed by atoms with van der Waals surface area (Å²) in [5, 5.41) is 8.15. The van der Waals surface area contributed by atoms with Crippen molar-refractivity contribution in [3.8, 4) is 5.75 Å². The van der Waals surface area contributed by atoms with Gasteiger partial charge in [0.1, 0.15) is 28.9 Å². The van der Waals surface area contributed by atoms with Gasteiger partial charge in [0.2, 0.25) is 0 Å². The van der Waals surface area contributed by atoms with Crippen molar-refractivity contribution in [1.82, 2.24) is 4.98 Å². The van der Waals surface area contributed by atoms with E-state index in [1.807, 2.05) is 0 Å². The topological polar surface area (TPSA) is 72.0 Å². The molecule has 1 aromatic carbocycles. The van der Waals surface area contributed by atoms with Crippen LogP contribution in [0, 0.1) is 5.41 Å². The molecule has 4 nitrogen and oxygen atoms in total. The Bertz CT molecular complexity index is 617. The summed E-state index contributed by atoms with van der Waals surface area (Å²) in [4.78, 5) is 3.97. The number of nitrogen functional groups attached to an aromatic ring is 1. The molecule has 6 heteroatoms. The summed E-state index contributed by atoms with van der Waals surface area (Å²) in [5.74, 6) is 0.429. The molecule has 98 valence electrons. The lowest BCUT2D eigenvalue weighted by Gasteiger charge is -2.09. The fourth-order valence-electron chi connectivity index (χ4n) is 1.47. The van der Waals surface area contributed by atoms with Crippen molar-refractivity contribution in [3.05, 3.63) is 57.8 Å². The molecule has 1 aromatic heterocycles. The zero-order valence-electron chi connectivity index (χ0n) is 9.86. The second kappa shape index (κ2) is 5.91. The molecule has 0 saturated heterocycles. The Kier molecular flexibility index (Phi) is 4.24. The molecule has 0 unspecified atom stereocenters. The number of benzene rings is 1. The number of ether oxygens (including phenoxy) is 1. The Labute approximate surface area is 120 Å². The van der Waals surface area contributed by atoms with Crippen molar-refractivity contribution in [3.63, 3.8) is 0 Å². The van der Waals surface area contributed by atoms with Gasteiger partial charge in [-0.2, -0.15) is 0 Å². The van der Waals surface area contributed by atoms with E-state index in [0.29, 0.717) is 28.1 Å². The van der Waals surface area contributed by atoms with Gasteiger partial charge in [0.15, 0.2) is 0 Å². The van der Waals surface area contributed by atoms with Crippen molar-refractivity contribution in [2.75, 3.05) is 0 Å². The van der Waals surface area contributed by atoms with E-state index in [1.165, 1.54) is 0 Å². The zero-order chi connectivity index (χ0) is 13.8. The average Bonchev–Trinajstić information content (AvgIpc) is 2.41. The van der Waals surface area contributed by atoms with Crippen molar-refractivity contribution in [1.29, 1.82) is 5.41 Å². The monoisotopic (exact) mass is 295 g/mol. The van der Waals surface area contributed by atoms with Crippen molar-refractivity contribution >= 4 is 29.0 Å². The molecular weight excluding hydrogens is 285 g/mol. The SMILES string of the molecule is N=C(N)c1cc(COc2cccc(Cl)c2Cl)ccn1. The predicted molar refractivity (Wildman–Crippen MR) is 76.0 cm³/mol. The van der Waals surface area contributed by atoms with Gasteiger partial charge in [0, 0.05) is 6.20 Å². The average molecular weight is 296 g/mol. The highest BCUT2D eigenvalue weighted by atomic mass is 35.5. The number of nitrogens with two attached hydrogens (primary N) is 1. The predicted octanol–water partition coefficient (Wildman–Crippen LogP) is 3.25. The number of hydrogen-bond donors (Lipinski definition) is 2. The van der Waals surface area contributed by atoms with Crippen molar-refractivity contribution < 1.29 is 4.74 Å². The van der Waals surface area contributed by atoms with Gasteiger partial charge in [0.05, 0.1) is 5.02 Å². The van der Waals surface area contributed by atoms with Crippen LogP contribution >= 0.6 is 23.2 Å². The van der Waals surface area contributed by atoms with E-state index < -0.39 is 0 Å². The van der Waals surface area contributed by atoms with E-state index in [0.717, 1.165) is 5.56 Å². The summed E-state index contributed by atoms with van der Waals surface area (Å²) >= 11 is 11.9. The van der Waals surface area contributed by atoms with Crippen LogP contribution in [-0.4, -0.2) is 10.8 Å². The summed E-state index contributed by atoms with van der Waals surface area (Å²) in [6, 6.07) is 8.67. The number of nitrogens with one attached hydrogen (secondary N) is 1. The van der Waals surface area contributed by atoms with E-state index >= 15 is 0 Å². The standard InChI is InChI=1S/C13H11Cl2N3O/c14-9-2-1-3-11(12(9)15)19-7-8-4-5-18-10(6-8)13(16)17/h1-6H,7H2,(H3,16,17). The molecule has 0 radical (unpaired) electrons. The van der Waals surface area contributed by atoms with Gasteiger partial charge >= 0.3 is 0 Å². The smallest absolute Gasteiger partial charge is 0.141 e. The third kappa shape index (κ3) is 3.36. The molecule has 0 aliphatic carbocycles. The normalized spacial score (nSPS) is 10.2. The van der Waals surface area contributed by atoms with Crippen LogP contribution in [0.5, 0.6) is 5.75 Å². The van der Waals surface area contributed by atoms with Crippen molar-refractivity contribution in [2.45, 2.75) is 6.61 Å². The first-order chi connectivity index (χ1) is 9.08. The number of aromatic nitrogens is 1. The highest BCUT2D eigenvalue weighted by Crippen LogP contribution is 2.31. The number of hydrogen-bond acceptors (Lipinski definition) is 3. The quantitative estimate of drug-likeness (QED) is 0.672. The molecule has 0 fully saturated rings. The van der Waals surface area contributed by atoms with Gasteiger partial charge in [-0.25, -0.2) is 0 Å². The van der Waals surface area contributed by atoms with Gasteiger partial charge in [-0.15, -0.1) is 0 Å². The van der Waals surface area contributed by atoms with E-state index in [2.05, 4.69) is 4.98 Å². The Morgan fingerprint density at radius 2 is 2.11 bits per heavy atom. The molecule has 0 saturated carbocycles. The maximum absolute atomic E-state index is 7.33. The number of rotatable bonds is 4. The van der Waals surface area contributed by atoms with Crippen molar-refractivity contribution in [2.24, 2.45) is 5.73 Å². The molecule has 0 spiro atoms. The number of halogens is 2. The first kappa shape index (κ1) is 13.6. The van der Waals surface area contributed by atoms with Crippen LogP contribution in [0.2, 0.25) is 10.0 Å². The van der Waals surface area contributed by atoms with Gasteiger partial charge in [-0.05, 0) is 29.8 Å². The van der Waals surface area contributed by atoms with Crippen LogP contribution in [0.15, 0.2) is 36.5 Å². The molecular formula is C13H11Cl2N3O. The van der Waals surface area contributed by atoms with Crippen LogP contribution in [0.1, 0.15) is 11.3 Å². The lowest BCUT2D eigenvalue weighted by Crippen LogP contribution is -2.13. The second-order valence-electron chi connectivity index (χ2n) is 3.80. The van der Waals surface area contributed by atoms with E-state index in [4.69, 9.17) is 39.1 Å². The minimum atomic E-state index is -0.0809. The minimum Gasteiger partial charge on any atom is -0.487 e. The molecule has 0 aliphatic heterocycles. The Hall–Kier alpha value is -1.78. The van der Waals surface area contributed by atoms with E-state index in [9.17, 15) is 0 Å². The van der Waals surface area contributed by atoms with Crippen LogP contribution in [0.25, 0.3) is 0 Å². The van der Waals surface area contributed by atoms with Crippen LogP contribution in [0.3, 0.4) is 0 Å². The Morgan fingerprint density at radius 3 is 2.84 bits per heavy atom. The summed E-state index contributed by atoms with van der Waals surface area (Å²) < 4.78 is 5.58. The maximum Gasteiger partial charge on any atom is 0.141 e. The van der Waals surface area contributed by atoms with Gasteiger partial charge < -0.3 is 10.5 Å². The van der Waals surface area contributed by atoms with Crippen LogP contribution < -0.4 is 10.5 Å². The molecule has 3 N–H and O–H groups in total. The molecule has 19 heavy (non-hydrogen) atoms. The summed E-state index contributed by atoms with van der Waals surface area (Å²) in [5.41, 5.74) is 6.63. The van der Waals surface area contributed by atoms with Crippen LogP contribution in [-0.2, 0) is 6.61 Å². The second-order valence-corrected chi connectivity index (χ2v) is 4.59. The van der Waals surface area contributed by atoms with E-state index in [-0.39, 0.29) is 5.84 Å². The minimum absolute atomic E-state index is 0.0809. The zero-order valence-corrected chi connectivity index (χ0v) is 11.4. The molecule has 0 bridgehead atoms. The largest absolute Gasteiger partial charge is 0.487 e. The third-order valence-electron chi connectivity index (χ3n) is 2.41. The van der Waals surface area contributed by atoms with E-state index in [1.54, 1.807) is 36.5 Å². The summed E-state index contributed by atoms with van der Waals surface area (Å²) in [7, 11) is 0. The first-order valence-corrected chi connectivity index (χ1v) is 6.19. The summed E-state index contributed by atoms with van der Waals surface area (Å²) in [6.07, 6.45) is 1.58. The number of pyridine rings is 1. The molecule has 2 rings (SSSR count). The lowest BCUT2D eigenvalue weighted by atomic mass is 10.2. The third-order valence-corrected chi connectivity index (χ3v) is 3.21. The molecule has 0 atom stereocenters. The maximum atomic E-state index is 7.33. The highest BCUT2D eigenvalue weighted by Gasteiger charge is 2.06. The summed E-state index contributed by atoms with van der Waals surface area (Å²) in [6.45, 7) is 0.295. The van der Waals surface area contributed by atoms with Gasteiger partial charge in [-0.1, -0.05) is 29.3 Å². The number of amidine groups is 1. The van der Waals surface area contributed by atoms with Gasteiger partial charge in [-0.3, -0.25) is 10.4 Å². The lowest BCUT2D eigenvalue weighted by molar-refractivity contribution is 0.306. The molecule has 0 amide bonds. The first-order valence-electron chi connectivity index (χ1n) is 5.44. The van der Waals surface area contributed by atoms with Gasteiger partial charge in [0.25, 0.3) is 0 Å². The molecule has 1 heterocycles. The molecule has 2 aromatic rings. The number of nitrogens with zero attached hydrogens (tertiary/aromatic N) is 1. The molecule has 0 aliphatic rings. The fraction of sp³-hybridized carbons (Fsp3) is 0.0769.